The van der Waals surface area contributed by atoms with Crippen LogP contribution in [-0.4, -0.2) is 61.6 Å². The Hall–Kier alpha value is -6.16. The maximum atomic E-state index is 12.7. The molecule has 0 saturated heterocycles. The minimum absolute atomic E-state index is 0.0116. The molecule has 0 aliphatic heterocycles. The van der Waals surface area contributed by atoms with E-state index in [0.29, 0.717) is 17.7 Å². The van der Waals surface area contributed by atoms with Crippen LogP contribution in [0.5, 0.6) is 0 Å². The lowest BCUT2D eigenvalue weighted by atomic mass is 10.0. The van der Waals surface area contributed by atoms with Crippen LogP contribution < -0.4 is 20.4 Å². The number of carboxylic acids is 1. The highest BCUT2D eigenvalue weighted by molar-refractivity contribution is 5.95. The minimum atomic E-state index is -0.961. The van der Waals surface area contributed by atoms with Crippen molar-refractivity contribution in [2.24, 2.45) is 0 Å². The highest BCUT2D eigenvalue weighted by Gasteiger charge is 2.26. The number of carbonyl (C=O) groups excluding carboxylic acids is 3. The molecule has 2 atom stereocenters. The Balaban J connectivity index is 0.000000221. The molecule has 0 aromatic heterocycles. The number of anilines is 2. The van der Waals surface area contributed by atoms with Gasteiger partial charge in [-0.2, -0.15) is 0 Å². The number of amides is 2. The van der Waals surface area contributed by atoms with Crippen molar-refractivity contribution in [3.8, 4) is 0 Å². The Kier molecular flexibility index (Phi) is 15.4. The summed E-state index contributed by atoms with van der Waals surface area (Å²) in [5, 5.41) is 15.1. The van der Waals surface area contributed by atoms with Gasteiger partial charge in [0.15, 0.2) is 0 Å². The van der Waals surface area contributed by atoms with E-state index in [1.54, 1.807) is 19.1 Å². The number of ether oxygens (including phenoxy) is 1. The molecule has 3 N–H and O–H groups in total. The van der Waals surface area contributed by atoms with Crippen LogP contribution >= 0.6 is 0 Å². The van der Waals surface area contributed by atoms with Gasteiger partial charge in [0.25, 0.3) is 11.8 Å². The average Bonchev–Trinajstić information content (AvgIpc) is 3.83. The van der Waals surface area contributed by atoms with Gasteiger partial charge in [-0.1, -0.05) is 36.4 Å². The van der Waals surface area contributed by atoms with Gasteiger partial charge in [0.1, 0.15) is 0 Å². The third kappa shape index (κ3) is 11.2. The topological polar surface area (TPSA) is 128 Å². The largest absolute Gasteiger partial charge is 0.478 e. The van der Waals surface area contributed by atoms with Gasteiger partial charge in [0, 0.05) is 60.8 Å². The predicted octanol–water partition coefficient (Wildman–Crippen LogP) is 8.57. The minimum Gasteiger partial charge on any atom is -0.478 e. The average molecular weight is 785 g/mol. The van der Waals surface area contributed by atoms with Crippen LogP contribution in [-0.2, 0) is 27.2 Å². The summed E-state index contributed by atoms with van der Waals surface area (Å²) in [6.07, 6.45) is 9.44. The number of benzene rings is 4. The molecule has 0 bridgehead atoms. The van der Waals surface area contributed by atoms with Gasteiger partial charge >= 0.3 is 11.9 Å². The summed E-state index contributed by atoms with van der Waals surface area (Å²) in [5.41, 5.74) is 10.0. The number of hydrogen-bond acceptors (Lipinski definition) is 7. The Morgan fingerprint density at radius 3 is 1.41 bits per heavy atom. The summed E-state index contributed by atoms with van der Waals surface area (Å²) in [7, 11) is 0. The van der Waals surface area contributed by atoms with Gasteiger partial charge in [-0.3, -0.25) is 9.59 Å². The molecular weight excluding hydrogens is 729 g/mol. The van der Waals surface area contributed by atoms with Gasteiger partial charge in [0.2, 0.25) is 0 Å². The second kappa shape index (κ2) is 20.8. The number of nitrogens with one attached hydrogen (secondary N) is 2. The molecular formula is C48H56N4O6. The molecule has 0 saturated carbocycles. The highest BCUT2D eigenvalue weighted by Crippen LogP contribution is 2.34. The van der Waals surface area contributed by atoms with E-state index in [2.05, 4.69) is 54.2 Å². The molecule has 2 aliphatic carbocycles. The number of carbonyl (C=O) groups is 4. The number of aliphatic carboxylic acids is 1. The van der Waals surface area contributed by atoms with Gasteiger partial charge in [-0.15, -0.1) is 0 Å². The van der Waals surface area contributed by atoms with Crippen LogP contribution in [0.15, 0.2) is 97.1 Å². The van der Waals surface area contributed by atoms with E-state index < -0.39 is 5.97 Å². The van der Waals surface area contributed by atoms with Crippen LogP contribution in [0.3, 0.4) is 0 Å². The summed E-state index contributed by atoms with van der Waals surface area (Å²) in [5.74, 6) is -1.42. The first kappa shape index (κ1) is 43.0. The third-order valence-electron chi connectivity index (χ3n) is 10.7. The van der Waals surface area contributed by atoms with Crippen molar-refractivity contribution in [2.45, 2.75) is 72.4 Å². The number of nitrogens with zero attached hydrogens (tertiary/aromatic N) is 2. The fourth-order valence-electron chi connectivity index (χ4n) is 7.61. The summed E-state index contributed by atoms with van der Waals surface area (Å²) in [4.78, 5) is 52.1. The summed E-state index contributed by atoms with van der Waals surface area (Å²) in [6, 6.07) is 27.5. The molecule has 0 heterocycles. The molecule has 2 unspecified atom stereocenters. The second-order valence-electron chi connectivity index (χ2n) is 14.2. The number of carboxylic acid groups (broad SMARTS) is 1. The van der Waals surface area contributed by atoms with E-state index in [9.17, 15) is 19.2 Å². The van der Waals surface area contributed by atoms with Gasteiger partial charge in [-0.25, -0.2) is 9.59 Å². The van der Waals surface area contributed by atoms with Crippen LogP contribution in [0.4, 0.5) is 11.4 Å². The van der Waals surface area contributed by atoms with Crippen LogP contribution in [0, 0.1) is 0 Å². The lowest BCUT2D eigenvalue weighted by molar-refractivity contribution is -0.137. The zero-order valence-corrected chi connectivity index (χ0v) is 34.3. The zero-order valence-electron chi connectivity index (χ0n) is 34.3. The molecule has 4 aromatic carbocycles. The van der Waals surface area contributed by atoms with Gasteiger partial charge in [-0.05, 0) is 154 Å². The van der Waals surface area contributed by atoms with E-state index >= 15 is 0 Å². The van der Waals surface area contributed by atoms with E-state index in [1.165, 1.54) is 11.6 Å². The van der Waals surface area contributed by atoms with E-state index in [1.807, 2.05) is 78.9 Å². The fourth-order valence-corrected chi connectivity index (χ4v) is 7.61. The predicted molar refractivity (Wildman–Crippen MR) is 232 cm³/mol. The first-order valence-corrected chi connectivity index (χ1v) is 20.4. The van der Waals surface area contributed by atoms with Crippen molar-refractivity contribution in [1.82, 2.24) is 10.6 Å². The summed E-state index contributed by atoms with van der Waals surface area (Å²) >= 11 is 0. The SMILES string of the molecule is CCN(CC)c1ccc(C(=O)NC2CCc3cc(/C=C/C(=O)O)ccc32)cc1.CCOC(=O)/C=C/c1ccc2c(c1)CCC2NC(=O)c1ccc(N(CC)CC)cc1. The van der Waals surface area contributed by atoms with Gasteiger partial charge < -0.3 is 30.3 Å². The van der Waals surface area contributed by atoms with Crippen LogP contribution in [0.2, 0.25) is 0 Å². The van der Waals surface area contributed by atoms with Crippen molar-refractivity contribution < 1.29 is 29.0 Å². The molecule has 10 nitrogen and oxygen atoms in total. The molecule has 6 rings (SSSR count). The summed E-state index contributed by atoms with van der Waals surface area (Å²) < 4.78 is 4.92. The van der Waals surface area contributed by atoms with E-state index in [-0.39, 0.29) is 29.9 Å². The van der Waals surface area contributed by atoms with E-state index in [0.717, 1.165) is 97.1 Å². The first-order valence-electron chi connectivity index (χ1n) is 20.4. The number of fused-ring (bicyclic) bond motifs is 2. The molecule has 0 radical (unpaired) electrons. The third-order valence-corrected chi connectivity index (χ3v) is 10.7. The molecule has 2 amide bonds. The monoisotopic (exact) mass is 784 g/mol. The molecule has 2 aliphatic rings. The lowest BCUT2D eigenvalue weighted by Crippen LogP contribution is -2.27. The molecule has 4 aromatic rings. The lowest BCUT2D eigenvalue weighted by Gasteiger charge is -2.21. The molecule has 304 valence electrons. The number of aryl methyl sites for hydroxylation is 2. The Morgan fingerprint density at radius 1 is 0.621 bits per heavy atom. The van der Waals surface area contributed by atoms with E-state index in [4.69, 9.17) is 9.84 Å². The fraction of sp³-hybridized carbons (Fsp3) is 0.333. The van der Waals surface area contributed by atoms with Crippen LogP contribution in [0.1, 0.15) is 114 Å². The molecule has 0 fully saturated rings. The normalized spacial score (nSPS) is 15.3. The number of rotatable bonds is 15. The number of esters is 1. The Bertz CT molecular complexity index is 2100. The van der Waals surface area contributed by atoms with Gasteiger partial charge in [0.05, 0.1) is 18.7 Å². The maximum absolute atomic E-state index is 12.7. The first-order chi connectivity index (χ1) is 28.1. The van der Waals surface area contributed by atoms with Crippen LogP contribution in [0.25, 0.3) is 12.2 Å². The van der Waals surface area contributed by atoms with Crippen molar-refractivity contribution in [3.05, 3.63) is 142 Å². The second-order valence-corrected chi connectivity index (χ2v) is 14.2. The quantitative estimate of drug-likeness (QED) is 0.0809. The van der Waals surface area contributed by atoms with Crippen molar-refractivity contribution >= 4 is 47.3 Å². The zero-order chi connectivity index (χ0) is 41.6. The molecule has 0 spiro atoms. The maximum Gasteiger partial charge on any atom is 0.330 e. The molecule has 58 heavy (non-hydrogen) atoms. The number of hydrogen-bond donors (Lipinski definition) is 3. The highest BCUT2D eigenvalue weighted by atomic mass is 16.5. The smallest absolute Gasteiger partial charge is 0.330 e. The molecule has 10 heteroatoms. The van der Waals surface area contributed by atoms with Crippen molar-refractivity contribution in [1.29, 1.82) is 0 Å². The standard InChI is InChI=1S/C25H30N2O3.C23H26N2O3/c1-4-27(5-2)21-12-9-19(10-13-21)25(29)26-23-15-11-20-17-18(7-14-22(20)23)8-16-24(28)30-6-3;1-3-25(4-2)19-10-7-17(8-11-19)23(28)24-21-13-9-18-15-16(5-12-20(18)21)6-14-22(26)27/h7-10,12-14,16-17,23H,4-6,11,15H2,1-3H3,(H,26,29);5-8,10-12,14-15,21H,3-4,9,13H2,1-2H3,(H,24,28)(H,26,27)/b16-8+;14-6+. The van der Waals surface area contributed by atoms with Crippen molar-refractivity contribution in [3.63, 3.8) is 0 Å². The van der Waals surface area contributed by atoms with Crippen molar-refractivity contribution in [2.75, 3.05) is 42.6 Å². The Labute approximate surface area is 342 Å². The Morgan fingerprint density at radius 2 is 1.03 bits per heavy atom. The summed E-state index contributed by atoms with van der Waals surface area (Å²) in [6.45, 7) is 14.4.